The number of hydrogen-bond donors (Lipinski definition) is 3. The molecular formula is C14H14N2O4S2. The number of nitrogen functional groups attached to an aromatic ring is 1. The van der Waals surface area contributed by atoms with E-state index in [1.807, 2.05) is 12.1 Å². The van der Waals surface area contributed by atoms with E-state index in [9.17, 15) is 8.42 Å². The molecule has 6 nitrogen and oxygen atoms in total. The van der Waals surface area contributed by atoms with E-state index in [-0.39, 0.29) is 10.3 Å². The molecule has 1 heterocycles. The van der Waals surface area contributed by atoms with Crippen molar-refractivity contribution in [3.05, 3.63) is 42.0 Å². The summed E-state index contributed by atoms with van der Waals surface area (Å²) in [5.74, 6) is 0.592. The van der Waals surface area contributed by atoms with Gasteiger partial charge in [-0.2, -0.15) is 8.42 Å². The fraction of sp³-hybridized carbons (Fsp3) is 0.143. The van der Waals surface area contributed by atoms with Gasteiger partial charge in [-0.05, 0) is 35.9 Å². The summed E-state index contributed by atoms with van der Waals surface area (Å²) in [6.07, 6.45) is 0. The maximum atomic E-state index is 11.2. The normalized spacial score (nSPS) is 16.9. The number of nitrogens with one attached hydrogen (secondary N) is 1. The quantitative estimate of drug-likeness (QED) is 0.584. The van der Waals surface area contributed by atoms with Gasteiger partial charge < -0.3 is 15.8 Å². The van der Waals surface area contributed by atoms with E-state index < -0.39 is 10.1 Å². The monoisotopic (exact) mass is 338 g/mol. The average Bonchev–Trinajstić information content (AvgIpc) is 2.89. The molecule has 1 aliphatic heterocycles. The predicted molar refractivity (Wildman–Crippen MR) is 85.9 cm³/mol. The molecule has 3 rings (SSSR count). The Hall–Kier alpha value is -1.90. The number of fused-ring (bicyclic) bond motifs is 1. The molecule has 0 aromatic heterocycles. The van der Waals surface area contributed by atoms with Crippen LogP contribution in [0.1, 0.15) is 10.9 Å². The number of hydrogen-bond acceptors (Lipinski definition) is 6. The van der Waals surface area contributed by atoms with Gasteiger partial charge in [0, 0.05) is 4.90 Å². The lowest BCUT2D eigenvalue weighted by Crippen LogP contribution is -2.03. The molecule has 2 aromatic carbocycles. The highest BCUT2D eigenvalue weighted by atomic mass is 32.2. The largest absolute Gasteiger partial charge is 0.495 e. The summed E-state index contributed by atoms with van der Waals surface area (Å²) in [6.45, 7) is 0. The molecule has 0 aliphatic carbocycles. The zero-order chi connectivity index (χ0) is 15.9. The molecular weight excluding hydrogens is 324 g/mol. The Morgan fingerprint density at radius 3 is 2.73 bits per heavy atom. The molecule has 116 valence electrons. The summed E-state index contributed by atoms with van der Waals surface area (Å²) in [4.78, 5) is 0.781. The standard InChI is InChI=1S/C14H14N2O4S2/c1-20-12-6-8(2-4-10(12)15)14-16-11-7-9(22(17,18)19)3-5-13(11)21-14/h2-7,14,16H,15H2,1H3,(H,17,18,19). The van der Waals surface area contributed by atoms with Gasteiger partial charge >= 0.3 is 0 Å². The zero-order valence-electron chi connectivity index (χ0n) is 11.6. The van der Waals surface area contributed by atoms with E-state index in [0.717, 1.165) is 10.5 Å². The Balaban J connectivity index is 1.91. The van der Waals surface area contributed by atoms with Crippen LogP contribution in [0.25, 0.3) is 0 Å². The molecule has 0 radical (unpaired) electrons. The molecule has 0 bridgehead atoms. The number of methoxy groups -OCH3 is 1. The highest BCUT2D eigenvalue weighted by Crippen LogP contribution is 2.47. The smallest absolute Gasteiger partial charge is 0.294 e. The molecule has 0 saturated carbocycles. The fourth-order valence-corrected chi connectivity index (χ4v) is 3.85. The van der Waals surface area contributed by atoms with Crippen molar-refractivity contribution in [2.45, 2.75) is 15.2 Å². The van der Waals surface area contributed by atoms with E-state index in [1.165, 1.54) is 12.1 Å². The van der Waals surface area contributed by atoms with Crippen LogP contribution in [0.4, 0.5) is 11.4 Å². The maximum Gasteiger partial charge on any atom is 0.294 e. The fourth-order valence-electron chi connectivity index (χ4n) is 2.22. The molecule has 1 unspecified atom stereocenters. The van der Waals surface area contributed by atoms with E-state index in [1.54, 1.807) is 31.0 Å². The Bertz CT molecular complexity index is 837. The minimum atomic E-state index is -4.21. The Morgan fingerprint density at radius 1 is 1.27 bits per heavy atom. The summed E-state index contributed by atoms with van der Waals surface area (Å²) in [5, 5.41) is 3.14. The second-order valence-corrected chi connectivity index (χ2v) is 7.35. The van der Waals surface area contributed by atoms with Crippen molar-refractivity contribution >= 4 is 33.3 Å². The summed E-state index contributed by atoms with van der Waals surface area (Å²) >= 11 is 1.55. The third-order valence-electron chi connectivity index (χ3n) is 3.34. The summed E-state index contributed by atoms with van der Waals surface area (Å²) in [6, 6.07) is 9.97. The van der Waals surface area contributed by atoms with Crippen LogP contribution >= 0.6 is 11.8 Å². The Morgan fingerprint density at radius 2 is 2.05 bits per heavy atom. The summed E-state index contributed by atoms with van der Waals surface area (Å²) in [5.41, 5.74) is 7.99. The molecule has 0 fully saturated rings. The first-order chi connectivity index (χ1) is 10.4. The summed E-state index contributed by atoms with van der Waals surface area (Å²) < 4.78 is 36.7. The van der Waals surface area contributed by atoms with E-state index in [0.29, 0.717) is 17.1 Å². The van der Waals surface area contributed by atoms with Crippen LogP contribution in [0, 0.1) is 0 Å². The number of nitrogens with two attached hydrogens (primary N) is 1. The lowest BCUT2D eigenvalue weighted by Gasteiger charge is -2.13. The molecule has 4 N–H and O–H groups in total. The van der Waals surface area contributed by atoms with Crippen molar-refractivity contribution < 1.29 is 17.7 Å². The highest BCUT2D eigenvalue weighted by Gasteiger charge is 2.25. The minimum Gasteiger partial charge on any atom is -0.495 e. The van der Waals surface area contributed by atoms with Crippen molar-refractivity contribution in [3.8, 4) is 5.75 Å². The molecule has 0 spiro atoms. The lowest BCUT2D eigenvalue weighted by molar-refractivity contribution is 0.416. The van der Waals surface area contributed by atoms with Crippen molar-refractivity contribution in [3.63, 3.8) is 0 Å². The van der Waals surface area contributed by atoms with Gasteiger partial charge in [0.2, 0.25) is 0 Å². The molecule has 0 saturated heterocycles. The highest BCUT2D eigenvalue weighted by molar-refractivity contribution is 8.00. The third-order valence-corrected chi connectivity index (χ3v) is 5.43. The molecule has 0 amide bonds. The van der Waals surface area contributed by atoms with Crippen molar-refractivity contribution in [1.29, 1.82) is 0 Å². The second-order valence-electron chi connectivity index (χ2n) is 4.78. The zero-order valence-corrected chi connectivity index (χ0v) is 13.2. The van der Waals surface area contributed by atoms with Gasteiger partial charge in [-0.25, -0.2) is 0 Å². The van der Waals surface area contributed by atoms with Crippen LogP contribution in [0.15, 0.2) is 46.2 Å². The van der Waals surface area contributed by atoms with Crippen molar-refractivity contribution in [2.75, 3.05) is 18.2 Å². The van der Waals surface area contributed by atoms with E-state index in [2.05, 4.69) is 5.32 Å². The molecule has 22 heavy (non-hydrogen) atoms. The number of rotatable bonds is 3. The van der Waals surface area contributed by atoms with E-state index in [4.69, 9.17) is 15.0 Å². The SMILES string of the molecule is COc1cc(C2Nc3cc(S(=O)(=O)O)ccc3S2)ccc1N. The van der Waals surface area contributed by atoms with Gasteiger partial charge in [0.15, 0.2) is 0 Å². The molecule has 1 aliphatic rings. The van der Waals surface area contributed by atoms with Crippen LogP contribution < -0.4 is 15.8 Å². The molecule has 8 heteroatoms. The Kier molecular flexibility index (Phi) is 3.67. The van der Waals surface area contributed by atoms with Gasteiger partial charge in [0.25, 0.3) is 10.1 Å². The van der Waals surface area contributed by atoms with Crippen LogP contribution in [0.5, 0.6) is 5.75 Å². The lowest BCUT2D eigenvalue weighted by atomic mass is 10.2. The minimum absolute atomic E-state index is 0.0823. The maximum absolute atomic E-state index is 11.2. The van der Waals surface area contributed by atoms with Gasteiger partial charge in [-0.3, -0.25) is 4.55 Å². The van der Waals surface area contributed by atoms with Crippen molar-refractivity contribution in [2.24, 2.45) is 0 Å². The first-order valence-electron chi connectivity index (χ1n) is 6.36. The van der Waals surface area contributed by atoms with Crippen molar-refractivity contribution in [1.82, 2.24) is 0 Å². The van der Waals surface area contributed by atoms with Crippen LogP contribution in [0.2, 0.25) is 0 Å². The van der Waals surface area contributed by atoms with Crippen LogP contribution in [-0.4, -0.2) is 20.1 Å². The first-order valence-corrected chi connectivity index (χ1v) is 8.68. The topological polar surface area (TPSA) is 102 Å². The number of ether oxygens (including phenoxy) is 1. The van der Waals surface area contributed by atoms with Crippen LogP contribution in [-0.2, 0) is 10.1 Å². The van der Waals surface area contributed by atoms with Gasteiger partial charge in [-0.1, -0.05) is 17.8 Å². The van der Waals surface area contributed by atoms with Gasteiger partial charge in [-0.15, -0.1) is 0 Å². The third kappa shape index (κ3) is 2.72. The first kappa shape index (κ1) is 15.0. The molecule has 2 aromatic rings. The number of anilines is 2. The van der Waals surface area contributed by atoms with Gasteiger partial charge in [0.1, 0.15) is 11.1 Å². The average molecular weight is 338 g/mol. The van der Waals surface area contributed by atoms with Crippen LogP contribution in [0.3, 0.4) is 0 Å². The number of thioether (sulfide) groups is 1. The Labute approximate surface area is 132 Å². The predicted octanol–water partition coefficient (Wildman–Crippen LogP) is 2.74. The second kappa shape index (κ2) is 5.38. The van der Waals surface area contributed by atoms with E-state index >= 15 is 0 Å². The van der Waals surface area contributed by atoms with Gasteiger partial charge in [0.05, 0.1) is 23.4 Å². The number of benzene rings is 2. The summed E-state index contributed by atoms with van der Waals surface area (Å²) in [7, 11) is -2.66. The molecule has 1 atom stereocenters.